The summed E-state index contributed by atoms with van der Waals surface area (Å²) in [6.07, 6.45) is 0.435. The Hall–Kier alpha value is -2.83. The van der Waals surface area contributed by atoms with Gasteiger partial charge in [0, 0.05) is 38.3 Å². The number of hydrogen-bond donors (Lipinski definition) is 0. The number of benzene rings is 2. The topological polar surface area (TPSA) is 43.2 Å². The van der Waals surface area contributed by atoms with Crippen molar-refractivity contribution in [1.29, 1.82) is 0 Å². The lowest BCUT2D eigenvalue weighted by Crippen LogP contribution is -2.25. The van der Waals surface area contributed by atoms with Crippen molar-refractivity contribution in [2.24, 2.45) is 7.05 Å². The van der Waals surface area contributed by atoms with Crippen LogP contribution in [-0.2, 0) is 24.9 Å². The molecule has 1 saturated heterocycles. The maximum Gasteiger partial charge on any atom is 0.140 e. The van der Waals surface area contributed by atoms with Crippen LogP contribution in [0.25, 0.3) is 21.9 Å². The first-order chi connectivity index (χ1) is 14.2. The molecule has 5 nitrogen and oxygen atoms in total. The number of hydrogen-bond acceptors (Lipinski definition) is 4. The molecule has 1 fully saturated rings. The fourth-order valence-corrected chi connectivity index (χ4v) is 4.06. The zero-order valence-electron chi connectivity index (χ0n) is 16.3. The predicted octanol–water partition coefficient (Wildman–Crippen LogP) is 3.86. The van der Waals surface area contributed by atoms with Crippen LogP contribution in [0.1, 0.15) is 11.4 Å². The molecule has 0 spiro atoms. The van der Waals surface area contributed by atoms with E-state index in [1.54, 1.807) is 0 Å². The lowest BCUT2D eigenvalue weighted by Gasteiger charge is -2.16. The summed E-state index contributed by atoms with van der Waals surface area (Å²) in [6, 6.07) is 18.1. The number of aromatic nitrogens is 3. The van der Waals surface area contributed by atoms with E-state index in [2.05, 4.69) is 27.0 Å². The molecule has 29 heavy (non-hydrogen) atoms. The van der Waals surface area contributed by atoms with Gasteiger partial charge < -0.3 is 9.30 Å². The van der Waals surface area contributed by atoms with Crippen LogP contribution >= 0.6 is 0 Å². The molecule has 3 heterocycles. The summed E-state index contributed by atoms with van der Waals surface area (Å²) in [5.41, 5.74) is 4.05. The van der Waals surface area contributed by atoms with Gasteiger partial charge in [-0.25, -0.2) is 9.37 Å². The van der Waals surface area contributed by atoms with Gasteiger partial charge >= 0.3 is 0 Å². The number of para-hydroxylation sites is 3. The SMILES string of the molecule is Cn1c(COC2CN(Cc3cnc4ccccc4c3)CC2F)nc2ccccc21. The van der Waals surface area contributed by atoms with E-state index in [1.165, 1.54) is 0 Å². The third kappa shape index (κ3) is 3.61. The molecule has 2 unspecified atom stereocenters. The Labute approximate surface area is 168 Å². The van der Waals surface area contributed by atoms with E-state index in [0.717, 1.165) is 33.3 Å². The Morgan fingerprint density at radius 2 is 1.86 bits per heavy atom. The van der Waals surface area contributed by atoms with Crippen molar-refractivity contribution in [2.75, 3.05) is 13.1 Å². The molecular weight excluding hydrogens is 367 g/mol. The highest BCUT2D eigenvalue weighted by molar-refractivity contribution is 5.78. The monoisotopic (exact) mass is 390 g/mol. The van der Waals surface area contributed by atoms with Crippen LogP contribution < -0.4 is 0 Å². The average molecular weight is 390 g/mol. The number of likely N-dealkylation sites (tertiary alicyclic amines) is 1. The Balaban J connectivity index is 1.23. The van der Waals surface area contributed by atoms with Crippen molar-refractivity contribution in [3.63, 3.8) is 0 Å². The Kier molecular flexibility index (Phi) is 4.73. The van der Waals surface area contributed by atoms with Gasteiger partial charge in [-0.2, -0.15) is 0 Å². The normalized spacial score (nSPS) is 20.1. The number of halogens is 1. The highest BCUT2D eigenvalue weighted by Crippen LogP contribution is 2.22. The molecule has 0 N–H and O–H groups in total. The molecule has 2 aromatic carbocycles. The van der Waals surface area contributed by atoms with Crippen LogP contribution in [0.4, 0.5) is 4.39 Å². The Morgan fingerprint density at radius 1 is 1.07 bits per heavy atom. The summed E-state index contributed by atoms with van der Waals surface area (Å²) in [5.74, 6) is 0.815. The summed E-state index contributed by atoms with van der Waals surface area (Å²) >= 11 is 0. The molecule has 4 aromatic rings. The lowest BCUT2D eigenvalue weighted by molar-refractivity contribution is 0.00749. The number of imidazole rings is 1. The van der Waals surface area contributed by atoms with E-state index in [0.29, 0.717) is 26.2 Å². The third-order valence-corrected chi connectivity index (χ3v) is 5.63. The van der Waals surface area contributed by atoms with Gasteiger partial charge in [-0.15, -0.1) is 0 Å². The highest BCUT2D eigenvalue weighted by Gasteiger charge is 2.34. The Morgan fingerprint density at radius 3 is 2.72 bits per heavy atom. The first kappa shape index (κ1) is 18.2. The highest BCUT2D eigenvalue weighted by atomic mass is 19.1. The number of fused-ring (bicyclic) bond motifs is 2. The molecule has 2 aromatic heterocycles. The molecule has 0 saturated carbocycles. The molecule has 0 bridgehead atoms. The second kappa shape index (κ2) is 7.54. The smallest absolute Gasteiger partial charge is 0.140 e. The van der Waals surface area contributed by atoms with Crippen LogP contribution in [0, 0.1) is 0 Å². The number of rotatable bonds is 5. The van der Waals surface area contributed by atoms with Crippen molar-refractivity contribution in [2.45, 2.75) is 25.4 Å². The van der Waals surface area contributed by atoms with Crippen molar-refractivity contribution in [3.8, 4) is 0 Å². The minimum absolute atomic E-state index is 0.307. The minimum atomic E-state index is -1.00. The van der Waals surface area contributed by atoms with Gasteiger partial charge in [0.2, 0.25) is 0 Å². The van der Waals surface area contributed by atoms with E-state index >= 15 is 0 Å². The standard InChI is InChI=1S/C23H23FN4O/c1-27-21-9-5-4-8-20(21)26-23(27)15-29-22-14-28(13-18(22)24)12-16-10-17-6-2-3-7-19(17)25-11-16/h2-11,18,22H,12-15H2,1H3. The molecule has 5 rings (SSSR count). The van der Waals surface area contributed by atoms with E-state index < -0.39 is 12.3 Å². The van der Waals surface area contributed by atoms with Gasteiger partial charge in [-0.1, -0.05) is 30.3 Å². The maximum absolute atomic E-state index is 14.6. The second-order valence-corrected chi connectivity index (χ2v) is 7.67. The zero-order chi connectivity index (χ0) is 19.8. The molecule has 1 aliphatic rings. The number of alkyl halides is 1. The fourth-order valence-electron chi connectivity index (χ4n) is 4.06. The second-order valence-electron chi connectivity index (χ2n) is 7.67. The van der Waals surface area contributed by atoms with Gasteiger partial charge in [0.05, 0.1) is 16.6 Å². The largest absolute Gasteiger partial charge is 0.366 e. The molecule has 1 aliphatic heterocycles. The van der Waals surface area contributed by atoms with E-state index in [4.69, 9.17) is 4.74 Å². The molecular formula is C23H23FN4O. The molecule has 148 valence electrons. The first-order valence-corrected chi connectivity index (χ1v) is 9.89. The minimum Gasteiger partial charge on any atom is -0.366 e. The van der Waals surface area contributed by atoms with Crippen LogP contribution in [0.2, 0.25) is 0 Å². The van der Waals surface area contributed by atoms with Crippen LogP contribution in [0.15, 0.2) is 60.8 Å². The number of nitrogens with zero attached hydrogens (tertiary/aromatic N) is 4. The number of pyridine rings is 1. The Bertz CT molecular complexity index is 1160. The van der Waals surface area contributed by atoms with Crippen LogP contribution in [0.5, 0.6) is 0 Å². The van der Waals surface area contributed by atoms with Crippen LogP contribution in [-0.4, -0.2) is 44.8 Å². The summed E-state index contributed by atoms with van der Waals surface area (Å²) in [5, 5.41) is 1.11. The van der Waals surface area contributed by atoms with E-state index in [1.807, 2.05) is 60.3 Å². The summed E-state index contributed by atoms with van der Waals surface area (Å²) in [7, 11) is 1.97. The summed E-state index contributed by atoms with van der Waals surface area (Å²) in [4.78, 5) is 11.2. The third-order valence-electron chi connectivity index (χ3n) is 5.63. The van der Waals surface area contributed by atoms with Gasteiger partial charge in [0.25, 0.3) is 0 Å². The van der Waals surface area contributed by atoms with Crippen molar-refractivity contribution in [1.82, 2.24) is 19.4 Å². The first-order valence-electron chi connectivity index (χ1n) is 9.89. The number of ether oxygens (including phenoxy) is 1. The maximum atomic E-state index is 14.6. The molecule has 0 radical (unpaired) electrons. The van der Waals surface area contributed by atoms with Crippen molar-refractivity contribution >= 4 is 21.9 Å². The van der Waals surface area contributed by atoms with Crippen molar-refractivity contribution in [3.05, 3.63) is 72.2 Å². The van der Waals surface area contributed by atoms with Gasteiger partial charge in [0.1, 0.15) is 24.7 Å². The predicted molar refractivity (Wildman–Crippen MR) is 111 cm³/mol. The molecule has 0 amide bonds. The molecule has 2 atom stereocenters. The fraction of sp³-hybridized carbons (Fsp3) is 0.304. The van der Waals surface area contributed by atoms with Gasteiger partial charge in [-0.05, 0) is 29.8 Å². The zero-order valence-corrected chi connectivity index (χ0v) is 16.3. The van der Waals surface area contributed by atoms with E-state index in [-0.39, 0.29) is 0 Å². The average Bonchev–Trinajstić information content (AvgIpc) is 3.25. The summed E-state index contributed by atoms with van der Waals surface area (Å²) < 4.78 is 22.5. The van der Waals surface area contributed by atoms with E-state index in [9.17, 15) is 4.39 Å². The van der Waals surface area contributed by atoms with Gasteiger partial charge in [-0.3, -0.25) is 9.88 Å². The quantitative estimate of drug-likeness (QED) is 0.519. The van der Waals surface area contributed by atoms with Crippen LogP contribution in [0.3, 0.4) is 0 Å². The molecule has 6 heteroatoms. The molecule has 0 aliphatic carbocycles. The van der Waals surface area contributed by atoms with Crippen molar-refractivity contribution < 1.29 is 9.13 Å². The van der Waals surface area contributed by atoms with Gasteiger partial charge in [0.15, 0.2) is 0 Å². The summed E-state index contributed by atoms with van der Waals surface area (Å²) in [6.45, 7) is 1.92. The lowest BCUT2D eigenvalue weighted by atomic mass is 10.1. The number of aryl methyl sites for hydroxylation is 1.